The van der Waals surface area contributed by atoms with Gasteiger partial charge < -0.3 is 5.73 Å². The third-order valence-electron chi connectivity index (χ3n) is 3.44. The van der Waals surface area contributed by atoms with Crippen LogP contribution in [0.5, 0.6) is 0 Å². The lowest BCUT2D eigenvalue weighted by Gasteiger charge is -2.08. The molecule has 0 unspecified atom stereocenters. The van der Waals surface area contributed by atoms with Crippen LogP contribution in [0.15, 0.2) is 41.0 Å². The zero-order valence-electron chi connectivity index (χ0n) is 9.44. The molecule has 1 aliphatic rings. The first-order valence-corrected chi connectivity index (χ1v) is 6.56. The van der Waals surface area contributed by atoms with Crippen molar-refractivity contribution in [3.8, 4) is 5.69 Å². The van der Waals surface area contributed by atoms with E-state index in [4.69, 9.17) is 5.73 Å². The first-order valence-electron chi connectivity index (χ1n) is 5.76. The van der Waals surface area contributed by atoms with Gasteiger partial charge in [0.05, 0.1) is 15.9 Å². The Hall–Kier alpha value is -1.13. The van der Waals surface area contributed by atoms with E-state index in [2.05, 4.69) is 21.0 Å². The number of nitrogens with two attached hydrogens (primary N) is 1. The zero-order valence-corrected chi connectivity index (χ0v) is 11.0. The van der Waals surface area contributed by atoms with Gasteiger partial charge in [-0.25, -0.2) is 4.68 Å². The fourth-order valence-electron chi connectivity index (χ4n) is 2.11. The Balaban J connectivity index is 2.02. The van der Waals surface area contributed by atoms with Crippen LogP contribution in [0.2, 0.25) is 0 Å². The summed E-state index contributed by atoms with van der Waals surface area (Å²) >= 11 is 3.59. The Morgan fingerprint density at radius 1 is 1.29 bits per heavy atom. The predicted molar refractivity (Wildman–Crippen MR) is 71.2 cm³/mol. The summed E-state index contributed by atoms with van der Waals surface area (Å²) in [6.07, 6.45) is 4.31. The van der Waals surface area contributed by atoms with E-state index in [0.29, 0.717) is 6.54 Å². The van der Waals surface area contributed by atoms with E-state index < -0.39 is 0 Å². The average molecular weight is 292 g/mol. The van der Waals surface area contributed by atoms with Crippen molar-refractivity contribution < 1.29 is 0 Å². The highest BCUT2D eigenvalue weighted by atomic mass is 79.9. The number of hydrogen-bond acceptors (Lipinski definition) is 2. The van der Waals surface area contributed by atoms with Crippen molar-refractivity contribution in [1.29, 1.82) is 0 Å². The first kappa shape index (κ1) is 11.0. The molecule has 1 aliphatic carbocycles. The lowest BCUT2D eigenvalue weighted by molar-refractivity contribution is 0.659. The van der Waals surface area contributed by atoms with Gasteiger partial charge in [0.1, 0.15) is 0 Å². The van der Waals surface area contributed by atoms with Crippen molar-refractivity contribution in [3.05, 3.63) is 46.7 Å². The second-order valence-corrected chi connectivity index (χ2v) is 5.44. The fourth-order valence-corrected chi connectivity index (χ4v) is 2.81. The Kier molecular flexibility index (Phi) is 2.56. The van der Waals surface area contributed by atoms with Crippen LogP contribution >= 0.6 is 15.9 Å². The van der Waals surface area contributed by atoms with Gasteiger partial charge in [-0.3, -0.25) is 0 Å². The maximum absolute atomic E-state index is 5.85. The van der Waals surface area contributed by atoms with Crippen LogP contribution in [0, 0.1) is 0 Å². The van der Waals surface area contributed by atoms with Crippen molar-refractivity contribution in [3.63, 3.8) is 0 Å². The van der Waals surface area contributed by atoms with E-state index >= 15 is 0 Å². The molecular formula is C13H14BrN3. The Morgan fingerprint density at radius 2 is 2.00 bits per heavy atom. The third kappa shape index (κ3) is 1.81. The zero-order chi connectivity index (χ0) is 11.9. The molecule has 0 saturated heterocycles. The molecule has 0 aliphatic heterocycles. The molecule has 0 bridgehead atoms. The molecule has 0 spiro atoms. The molecule has 3 nitrogen and oxygen atoms in total. The molecular weight excluding hydrogens is 278 g/mol. The molecule has 1 fully saturated rings. The molecule has 0 amide bonds. The van der Waals surface area contributed by atoms with Gasteiger partial charge in [0, 0.05) is 18.2 Å². The minimum absolute atomic E-state index is 0.124. The maximum Gasteiger partial charge on any atom is 0.0845 e. The molecule has 1 aromatic carbocycles. The van der Waals surface area contributed by atoms with Crippen LogP contribution < -0.4 is 5.73 Å². The van der Waals surface area contributed by atoms with Crippen LogP contribution in [0.25, 0.3) is 5.69 Å². The first-order chi connectivity index (χ1) is 8.25. The second-order valence-electron chi connectivity index (χ2n) is 4.59. The van der Waals surface area contributed by atoms with Crippen LogP contribution in [0.4, 0.5) is 0 Å². The Bertz CT molecular complexity index is 529. The molecule has 1 aromatic heterocycles. The summed E-state index contributed by atoms with van der Waals surface area (Å²) in [6.45, 7) is 0.678. The number of halogens is 1. The minimum Gasteiger partial charge on any atom is -0.330 e. The van der Waals surface area contributed by atoms with Crippen molar-refractivity contribution >= 4 is 15.9 Å². The monoisotopic (exact) mass is 291 g/mol. The average Bonchev–Trinajstić information content (AvgIpc) is 3.07. The van der Waals surface area contributed by atoms with Gasteiger partial charge in [-0.1, -0.05) is 18.2 Å². The van der Waals surface area contributed by atoms with Gasteiger partial charge in [-0.15, -0.1) is 0 Å². The van der Waals surface area contributed by atoms with E-state index in [1.54, 1.807) is 0 Å². The normalized spacial score (nSPS) is 17.1. The number of para-hydroxylation sites is 1. The van der Waals surface area contributed by atoms with Crippen molar-refractivity contribution in [1.82, 2.24) is 9.78 Å². The molecule has 0 atom stereocenters. The van der Waals surface area contributed by atoms with Crippen molar-refractivity contribution in [2.75, 3.05) is 6.54 Å². The SMILES string of the molecule is NCC1(c2nn(-c3ccccc3)cc2Br)CC1. The quantitative estimate of drug-likeness (QED) is 0.945. The van der Waals surface area contributed by atoms with E-state index in [1.807, 2.05) is 41.2 Å². The van der Waals surface area contributed by atoms with Gasteiger partial charge in [-0.2, -0.15) is 5.10 Å². The summed E-state index contributed by atoms with van der Waals surface area (Å²) < 4.78 is 2.97. The topological polar surface area (TPSA) is 43.8 Å². The largest absolute Gasteiger partial charge is 0.330 e. The summed E-state index contributed by atoms with van der Waals surface area (Å²) in [4.78, 5) is 0. The van der Waals surface area contributed by atoms with Gasteiger partial charge in [-0.05, 0) is 40.9 Å². The minimum atomic E-state index is 0.124. The molecule has 4 heteroatoms. The molecule has 88 valence electrons. The maximum atomic E-state index is 5.85. The summed E-state index contributed by atoms with van der Waals surface area (Å²) in [7, 11) is 0. The lowest BCUT2D eigenvalue weighted by Crippen LogP contribution is -2.21. The number of aromatic nitrogens is 2. The Labute approximate surface area is 109 Å². The number of hydrogen-bond donors (Lipinski definition) is 1. The lowest BCUT2D eigenvalue weighted by atomic mass is 10.0. The van der Waals surface area contributed by atoms with Gasteiger partial charge in [0.15, 0.2) is 0 Å². The Morgan fingerprint density at radius 3 is 2.59 bits per heavy atom. The van der Waals surface area contributed by atoms with Gasteiger partial charge in [0.2, 0.25) is 0 Å². The van der Waals surface area contributed by atoms with E-state index in [-0.39, 0.29) is 5.41 Å². The molecule has 3 rings (SSSR count). The summed E-state index contributed by atoms with van der Waals surface area (Å²) in [5, 5.41) is 4.67. The molecule has 2 N–H and O–H groups in total. The van der Waals surface area contributed by atoms with Crippen LogP contribution in [0.3, 0.4) is 0 Å². The predicted octanol–water partition coefficient (Wildman–Crippen LogP) is 2.63. The van der Waals surface area contributed by atoms with E-state index in [9.17, 15) is 0 Å². The highest BCUT2D eigenvalue weighted by molar-refractivity contribution is 9.10. The smallest absolute Gasteiger partial charge is 0.0845 e. The molecule has 2 aromatic rings. The number of nitrogens with zero attached hydrogens (tertiary/aromatic N) is 2. The van der Waals surface area contributed by atoms with Crippen LogP contribution in [-0.2, 0) is 5.41 Å². The van der Waals surface area contributed by atoms with Crippen LogP contribution in [0.1, 0.15) is 18.5 Å². The standard InChI is InChI=1S/C13H14BrN3/c14-11-8-17(10-4-2-1-3-5-10)16-12(11)13(9-15)6-7-13/h1-5,8H,6-7,9,15H2. The molecule has 17 heavy (non-hydrogen) atoms. The van der Waals surface area contributed by atoms with E-state index in [0.717, 1.165) is 28.7 Å². The summed E-state index contributed by atoms with van der Waals surface area (Å²) in [5.41, 5.74) is 8.15. The fraction of sp³-hybridized carbons (Fsp3) is 0.308. The summed E-state index contributed by atoms with van der Waals surface area (Å²) in [5.74, 6) is 0. The van der Waals surface area contributed by atoms with Gasteiger partial charge in [0.25, 0.3) is 0 Å². The third-order valence-corrected chi connectivity index (χ3v) is 4.02. The second kappa shape index (κ2) is 3.96. The molecule has 1 saturated carbocycles. The summed E-state index contributed by atoms with van der Waals surface area (Å²) in [6, 6.07) is 10.1. The highest BCUT2D eigenvalue weighted by Crippen LogP contribution is 2.48. The molecule has 0 radical (unpaired) electrons. The van der Waals surface area contributed by atoms with Crippen molar-refractivity contribution in [2.45, 2.75) is 18.3 Å². The molecule has 1 heterocycles. The number of benzene rings is 1. The van der Waals surface area contributed by atoms with Crippen LogP contribution in [-0.4, -0.2) is 16.3 Å². The van der Waals surface area contributed by atoms with Crippen molar-refractivity contribution in [2.24, 2.45) is 5.73 Å². The van der Waals surface area contributed by atoms with E-state index in [1.165, 1.54) is 0 Å². The highest BCUT2D eigenvalue weighted by Gasteiger charge is 2.46. The van der Waals surface area contributed by atoms with Gasteiger partial charge >= 0.3 is 0 Å². The number of rotatable bonds is 3.